The zero-order chi connectivity index (χ0) is 13.1. The minimum atomic E-state index is 0.307. The highest BCUT2D eigenvalue weighted by molar-refractivity contribution is 6.30. The Morgan fingerprint density at radius 2 is 1.78 bits per heavy atom. The second-order valence-corrected chi connectivity index (χ2v) is 4.86. The number of rotatable bonds is 2. The van der Waals surface area contributed by atoms with Gasteiger partial charge in [-0.3, -0.25) is 0 Å². The predicted molar refractivity (Wildman–Crippen MR) is 76.4 cm³/mol. The normalized spacial score (nSPS) is 11.9. The lowest BCUT2D eigenvalue weighted by molar-refractivity contribution is 0.910. The largest absolute Gasteiger partial charge is 0.238 e. The molecule has 0 N–H and O–H groups in total. The molecule has 0 aliphatic carbocycles. The van der Waals surface area contributed by atoms with Crippen molar-refractivity contribution in [3.05, 3.63) is 75.6 Å². The van der Waals surface area contributed by atoms with Crippen molar-refractivity contribution < 1.29 is 0 Å². The highest BCUT2D eigenvalue weighted by Crippen LogP contribution is 2.29. The molecule has 0 saturated carbocycles. The van der Waals surface area contributed by atoms with Crippen LogP contribution in [-0.2, 0) is 0 Å². The van der Waals surface area contributed by atoms with Crippen molar-refractivity contribution in [3.8, 4) is 0 Å². The summed E-state index contributed by atoms with van der Waals surface area (Å²) in [5, 5.41) is 0.770. The Balaban J connectivity index is 2.35. The first-order valence-electron chi connectivity index (χ1n) is 5.85. The van der Waals surface area contributed by atoms with Gasteiger partial charge in [0.25, 0.3) is 0 Å². The molecule has 0 fully saturated rings. The molecule has 0 aromatic heterocycles. The van der Waals surface area contributed by atoms with Gasteiger partial charge >= 0.3 is 0 Å². The summed E-state index contributed by atoms with van der Waals surface area (Å²) in [6.45, 7) is 11.2. The van der Waals surface area contributed by atoms with Crippen molar-refractivity contribution in [2.75, 3.05) is 0 Å². The Hall–Kier alpha value is -1.78. The maximum absolute atomic E-state index is 6.95. The van der Waals surface area contributed by atoms with Crippen molar-refractivity contribution in [2.45, 2.75) is 19.8 Å². The average molecular weight is 256 g/mol. The van der Waals surface area contributed by atoms with Gasteiger partial charge in [-0.25, -0.2) is 4.85 Å². The first-order valence-corrected chi connectivity index (χ1v) is 6.23. The molecule has 2 rings (SSSR count). The van der Waals surface area contributed by atoms with Gasteiger partial charge in [0.2, 0.25) is 0 Å². The molecular formula is C16H14ClN. The smallest absolute Gasteiger partial charge is 0.187 e. The van der Waals surface area contributed by atoms with E-state index in [1.807, 2.05) is 36.4 Å². The molecule has 0 aliphatic heterocycles. The summed E-state index contributed by atoms with van der Waals surface area (Å²) in [6.07, 6.45) is 0. The lowest BCUT2D eigenvalue weighted by atomic mass is 9.90. The summed E-state index contributed by atoms with van der Waals surface area (Å²) in [7, 11) is 0. The number of benzene rings is 2. The van der Waals surface area contributed by atoms with E-state index in [0.29, 0.717) is 11.6 Å². The Bertz CT molecular complexity index is 593. The lowest BCUT2D eigenvalue weighted by Crippen LogP contribution is -1.98. The first kappa shape index (κ1) is 12.7. The average Bonchev–Trinajstić information content (AvgIpc) is 2.38. The molecule has 18 heavy (non-hydrogen) atoms. The van der Waals surface area contributed by atoms with Crippen LogP contribution in [0, 0.1) is 13.5 Å². The first-order chi connectivity index (χ1) is 8.61. The quantitative estimate of drug-likeness (QED) is 0.637. The van der Waals surface area contributed by atoms with Crippen LogP contribution in [0.25, 0.3) is 4.85 Å². The third-order valence-electron chi connectivity index (χ3n) is 3.22. The van der Waals surface area contributed by atoms with Crippen LogP contribution in [-0.4, -0.2) is 0 Å². The molecule has 0 amide bonds. The van der Waals surface area contributed by atoms with Crippen molar-refractivity contribution >= 4 is 17.3 Å². The van der Waals surface area contributed by atoms with E-state index in [2.05, 4.69) is 24.8 Å². The van der Waals surface area contributed by atoms with Crippen LogP contribution < -0.4 is 0 Å². The van der Waals surface area contributed by atoms with Gasteiger partial charge in [-0.2, -0.15) is 0 Å². The third kappa shape index (κ3) is 2.55. The summed E-state index contributed by atoms with van der Waals surface area (Å²) in [5.41, 5.74) is 4.37. The number of hydrogen-bond donors (Lipinski definition) is 0. The number of aryl methyl sites for hydroxylation is 1. The Morgan fingerprint density at radius 1 is 1.11 bits per heavy atom. The molecule has 0 saturated heterocycles. The predicted octanol–water partition coefficient (Wildman–Crippen LogP) is 5.35. The monoisotopic (exact) mass is 255 g/mol. The minimum Gasteiger partial charge on any atom is -0.238 e. The van der Waals surface area contributed by atoms with Crippen LogP contribution in [0.2, 0.25) is 5.02 Å². The van der Waals surface area contributed by atoms with Crippen molar-refractivity contribution in [1.82, 2.24) is 0 Å². The van der Waals surface area contributed by atoms with E-state index in [-0.39, 0.29) is 0 Å². The van der Waals surface area contributed by atoms with Gasteiger partial charge in [-0.05, 0) is 35.7 Å². The molecule has 0 radical (unpaired) electrons. The van der Waals surface area contributed by atoms with Crippen LogP contribution in [0.4, 0.5) is 5.69 Å². The fraction of sp³-hybridized carbons (Fsp3) is 0.188. The fourth-order valence-corrected chi connectivity index (χ4v) is 2.37. The van der Waals surface area contributed by atoms with E-state index in [4.69, 9.17) is 18.2 Å². The zero-order valence-corrected chi connectivity index (χ0v) is 11.2. The van der Waals surface area contributed by atoms with Crippen LogP contribution in [0.3, 0.4) is 0 Å². The lowest BCUT2D eigenvalue weighted by Gasteiger charge is -2.15. The molecule has 2 heteroatoms. The molecule has 2 aromatic carbocycles. The van der Waals surface area contributed by atoms with Crippen molar-refractivity contribution in [1.29, 1.82) is 0 Å². The summed E-state index contributed by atoms with van der Waals surface area (Å²) in [6, 6.07) is 13.8. The van der Waals surface area contributed by atoms with Crippen LogP contribution in [0.5, 0.6) is 0 Å². The van der Waals surface area contributed by atoms with Crippen molar-refractivity contribution in [2.24, 2.45) is 0 Å². The minimum absolute atomic E-state index is 0.307. The molecule has 1 atom stereocenters. The summed E-state index contributed by atoms with van der Waals surface area (Å²) in [5.74, 6) is 0.307. The molecule has 0 heterocycles. The SMILES string of the molecule is [C-]#[N+]c1ccc(C(C)c2ccc(Cl)cc2C)cc1. The standard InChI is InChI=1S/C16H14ClN/c1-11-10-14(17)6-9-16(11)12(2)13-4-7-15(18-3)8-5-13/h4-10,12H,1-2H3. The Morgan fingerprint density at radius 3 is 2.33 bits per heavy atom. The Kier molecular flexibility index (Phi) is 3.69. The molecule has 1 nitrogen and oxygen atoms in total. The van der Waals surface area contributed by atoms with Crippen molar-refractivity contribution in [3.63, 3.8) is 0 Å². The van der Waals surface area contributed by atoms with Gasteiger partial charge in [-0.15, -0.1) is 0 Å². The summed E-state index contributed by atoms with van der Waals surface area (Å²) in [4.78, 5) is 3.41. The molecule has 1 unspecified atom stereocenters. The van der Waals surface area contributed by atoms with Crippen LogP contribution in [0.1, 0.15) is 29.5 Å². The maximum Gasteiger partial charge on any atom is 0.187 e. The van der Waals surface area contributed by atoms with Gasteiger partial charge in [-0.1, -0.05) is 48.9 Å². The fourth-order valence-electron chi connectivity index (χ4n) is 2.14. The highest BCUT2D eigenvalue weighted by Gasteiger charge is 2.11. The highest BCUT2D eigenvalue weighted by atomic mass is 35.5. The van der Waals surface area contributed by atoms with Gasteiger partial charge < -0.3 is 0 Å². The van der Waals surface area contributed by atoms with Gasteiger partial charge in [0.05, 0.1) is 6.57 Å². The van der Waals surface area contributed by atoms with Gasteiger partial charge in [0, 0.05) is 10.9 Å². The maximum atomic E-state index is 6.95. The summed E-state index contributed by atoms with van der Waals surface area (Å²) < 4.78 is 0. The number of halogens is 1. The zero-order valence-electron chi connectivity index (χ0n) is 10.4. The van der Waals surface area contributed by atoms with E-state index in [0.717, 1.165) is 5.02 Å². The molecule has 0 bridgehead atoms. The van der Waals surface area contributed by atoms with Crippen LogP contribution >= 0.6 is 11.6 Å². The second kappa shape index (κ2) is 5.25. The van der Waals surface area contributed by atoms with Gasteiger partial charge in [0.15, 0.2) is 5.69 Å². The molecule has 90 valence electrons. The van der Waals surface area contributed by atoms with E-state index in [1.54, 1.807) is 0 Å². The molecule has 0 aliphatic rings. The number of nitrogens with zero attached hydrogens (tertiary/aromatic N) is 1. The van der Waals surface area contributed by atoms with Crippen LogP contribution in [0.15, 0.2) is 42.5 Å². The molecular weight excluding hydrogens is 242 g/mol. The van der Waals surface area contributed by atoms with Gasteiger partial charge in [0.1, 0.15) is 0 Å². The molecule has 0 spiro atoms. The van der Waals surface area contributed by atoms with E-state index < -0.39 is 0 Å². The third-order valence-corrected chi connectivity index (χ3v) is 3.46. The number of hydrogen-bond acceptors (Lipinski definition) is 0. The Labute approximate surface area is 113 Å². The topological polar surface area (TPSA) is 4.36 Å². The summed E-state index contributed by atoms with van der Waals surface area (Å²) >= 11 is 5.97. The second-order valence-electron chi connectivity index (χ2n) is 4.43. The van der Waals surface area contributed by atoms with E-state index in [1.165, 1.54) is 16.7 Å². The molecule has 2 aromatic rings. The van der Waals surface area contributed by atoms with E-state index in [9.17, 15) is 0 Å². The van der Waals surface area contributed by atoms with E-state index >= 15 is 0 Å².